The van der Waals surface area contributed by atoms with Gasteiger partial charge in [0.2, 0.25) is 5.82 Å². The first kappa shape index (κ1) is 11.3. The number of rotatable bonds is 3. The summed E-state index contributed by atoms with van der Waals surface area (Å²) in [5.41, 5.74) is 0.214. The van der Waals surface area contributed by atoms with E-state index in [0.717, 1.165) is 23.5 Å². The van der Waals surface area contributed by atoms with Gasteiger partial charge in [-0.1, -0.05) is 0 Å². The second-order valence-electron chi connectivity index (χ2n) is 3.11. The van der Waals surface area contributed by atoms with E-state index in [9.17, 15) is 19.3 Å². The summed E-state index contributed by atoms with van der Waals surface area (Å²) in [5.74, 6) is -0.899. The Balaban J connectivity index is 2.49. The van der Waals surface area contributed by atoms with Crippen LogP contribution < -0.4 is 0 Å². The van der Waals surface area contributed by atoms with Crippen molar-refractivity contribution in [2.75, 3.05) is 0 Å². The average Bonchev–Trinajstić information content (AvgIpc) is 2.78. The molecule has 7 heteroatoms. The summed E-state index contributed by atoms with van der Waals surface area (Å²) in [6.07, 6.45) is 0.589. The molecule has 0 aliphatic rings. The molecule has 0 N–H and O–H groups in total. The van der Waals surface area contributed by atoms with Crippen LogP contribution in [0.2, 0.25) is 0 Å². The number of benzene rings is 1. The van der Waals surface area contributed by atoms with Gasteiger partial charge in [0, 0.05) is 17.0 Å². The van der Waals surface area contributed by atoms with Gasteiger partial charge in [-0.3, -0.25) is 14.9 Å². The van der Waals surface area contributed by atoms with Gasteiger partial charge in [-0.2, -0.15) is 4.39 Å². The topological polar surface area (TPSA) is 73.1 Å². The van der Waals surface area contributed by atoms with Gasteiger partial charge in [-0.25, -0.2) is 4.98 Å². The number of nitrogens with zero attached hydrogens (tertiary/aromatic N) is 2. The minimum Gasteiger partial charge on any atom is -0.295 e. The molecule has 5 nitrogen and oxygen atoms in total. The number of aldehydes is 1. The molecule has 0 radical (unpaired) electrons. The van der Waals surface area contributed by atoms with Gasteiger partial charge >= 0.3 is 5.69 Å². The molecule has 0 atom stereocenters. The van der Waals surface area contributed by atoms with E-state index in [0.29, 0.717) is 17.5 Å². The molecule has 0 bridgehead atoms. The number of nitro groups is 1. The van der Waals surface area contributed by atoms with Crippen molar-refractivity contribution >= 4 is 23.3 Å². The maximum absolute atomic E-state index is 13.1. The van der Waals surface area contributed by atoms with Gasteiger partial charge < -0.3 is 0 Å². The number of hydrogen-bond acceptors (Lipinski definition) is 5. The van der Waals surface area contributed by atoms with E-state index >= 15 is 0 Å². The molecule has 1 heterocycles. The van der Waals surface area contributed by atoms with Gasteiger partial charge in [-0.05, 0) is 12.1 Å². The van der Waals surface area contributed by atoms with Crippen molar-refractivity contribution in [2.24, 2.45) is 0 Å². The van der Waals surface area contributed by atoms with E-state index in [1.165, 1.54) is 6.07 Å². The quantitative estimate of drug-likeness (QED) is 0.478. The fourth-order valence-electron chi connectivity index (χ4n) is 1.29. The van der Waals surface area contributed by atoms with Crippen LogP contribution in [-0.2, 0) is 0 Å². The molecular weight excluding hydrogens is 247 g/mol. The predicted molar refractivity (Wildman–Crippen MR) is 59.5 cm³/mol. The zero-order valence-electron chi connectivity index (χ0n) is 8.29. The fraction of sp³-hybridized carbons (Fsp3) is 0. The SMILES string of the molecule is O=Cc1nc(-c2ccc(F)c([N+](=O)[O-])c2)cs1. The minimum absolute atomic E-state index is 0.270. The summed E-state index contributed by atoms with van der Waals surface area (Å²) in [6.45, 7) is 0. The molecule has 17 heavy (non-hydrogen) atoms. The summed E-state index contributed by atoms with van der Waals surface area (Å²) in [6, 6.07) is 3.48. The minimum atomic E-state index is -0.899. The summed E-state index contributed by atoms with van der Waals surface area (Å²) in [7, 11) is 0. The Morgan fingerprint density at radius 3 is 2.82 bits per heavy atom. The molecule has 0 saturated heterocycles. The maximum atomic E-state index is 13.1. The smallest absolute Gasteiger partial charge is 0.295 e. The van der Waals surface area contributed by atoms with Crippen molar-refractivity contribution in [3.63, 3.8) is 0 Å². The van der Waals surface area contributed by atoms with E-state index in [1.807, 2.05) is 0 Å². The van der Waals surface area contributed by atoms with E-state index in [-0.39, 0.29) is 5.01 Å². The zero-order valence-corrected chi connectivity index (χ0v) is 9.11. The largest absolute Gasteiger partial charge is 0.305 e. The predicted octanol–water partition coefficient (Wildman–Crippen LogP) is 2.67. The highest BCUT2D eigenvalue weighted by Gasteiger charge is 2.16. The number of halogens is 1. The summed E-state index contributed by atoms with van der Waals surface area (Å²) in [4.78, 5) is 24.2. The van der Waals surface area contributed by atoms with Gasteiger partial charge in [-0.15, -0.1) is 11.3 Å². The molecule has 0 amide bonds. The Kier molecular flexibility index (Phi) is 2.92. The normalized spacial score (nSPS) is 10.2. The number of carbonyl (C=O) groups is 1. The first-order valence-electron chi connectivity index (χ1n) is 4.47. The van der Waals surface area contributed by atoms with Crippen LogP contribution >= 0.6 is 11.3 Å². The van der Waals surface area contributed by atoms with Crippen molar-refractivity contribution in [1.82, 2.24) is 4.98 Å². The van der Waals surface area contributed by atoms with E-state index in [1.54, 1.807) is 5.38 Å². The molecule has 0 aliphatic heterocycles. The zero-order chi connectivity index (χ0) is 12.4. The Morgan fingerprint density at radius 2 is 2.24 bits per heavy atom. The van der Waals surface area contributed by atoms with E-state index in [2.05, 4.69) is 4.98 Å². The summed E-state index contributed by atoms with van der Waals surface area (Å²) >= 11 is 1.12. The van der Waals surface area contributed by atoms with Crippen LogP contribution in [-0.4, -0.2) is 16.2 Å². The highest BCUT2D eigenvalue weighted by Crippen LogP contribution is 2.26. The lowest BCUT2D eigenvalue weighted by atomic mass is 10.1. The van der Waals surface area contributed by atoms with Crippen molar-refractivity contribution in [1.29, 1.82) is 0 Å². The molecule has 0 aliphatic carbocycles. The third kappa shape index (κ3) is 2.18. The van der Waals surface area contributed by atoms with Gasteiger partial charge in [0.15, 0.2) is 11.3 Å². The standard InChI is InChI=1S/C10H5FN2O3S/c11-7-2-1-6(3-9(7)13(15)16)8-5-17-10(4-14)12-8/h1-5H. The number of nitro benzene ring substituents is 1. The number of aromatic nitrogens is 1. The first-order valence-corrected chi connectivity index (χ1v) is 5.35. The van der Waals surface area contributed by atoms with E-state index in [4.69, 9.17) is 0 Å². The van der Waals surface area contributed by atoms with Crippen LogP contribution in [0.1, 0.15) is 9.80 Å². The van der Waals surface area contributed by atoms with Crippen LogP contribution in [0.4, 0.5) is 10.1 Å². The van der Waals surface area contributed by atoms with Crippen LogP contribution in [0, 0.1) is 15.9 Å². The van der Waals surface area contributed by atoms with Gasteiger partial charge in [0.25, 0.3) is 0 Å². The van der Waals surface area contributed by atoms with Gasteiger partial charge in [0.05, 0.1) is 10.6 Å². The highest BCUT2D eigenvalue weighted by molar-refractivity contribution is 7.11. The Hall–Kier alpha value is -2.15. The molecule has 0 unspecified atom stereocenters. The highest BCUT2D eigenvalue weighted by atomic mass is 32.1. The third-order valence-electron chi connectivity index (χ3n) is 2.06. The second kappa shape index (κ2) is 4.38. The van der Waals surface area contributed by atoms with Crippen molar-refractivity contribution in [3.05, 3.63) is 44.5 Å². The maximum Gasteiger partial charge on any atom is 0.305 e. The Bertz CT molecular complexity index is 597. The van der Waals surface area contributed by atoms with Crippen LogP contribution in [0.15, 0.2) is 23.6 Å². The molecule has 86 valence electrons. The molecule has 0 saturated carbocycles. The van der Waals surface area contributed by atoms with Crippen molar-refractivity contribution < 1.29 is 14.1 Å². The van der Waals surface area contributed by atoms with Crippen LogP contribution in [0.3, 0.4) is 0 Å². The first-order chi connectivity index (χ1) is 8.11. The number of thiazole rings is 1. The summed E-state index contributed by atoms with van der Waals surface area (Å²) < 4.78 is 13.1. The number of carbonyl (C=O) groups excluding carboxylic acids is 1. The molecule has 2 rings (SSSR count). The molecule has 1 aromatic heterocycles. The molecular formula is C10H5FN2O3S. The monoisotopic (exact) mass is 252 g/mol. The molecule has 0 fully saturated rings. The lowest BCUT2D eigenvalue weighted by molar-refractivity contribution is -0.387. The Morgan fingerprint density at radius 1 is 1.47 bits per heavy atom. The lowest BCUT2D eigenvalue weighted by Gasteiger charge is -1.97. The van der Waals surface area contributed by atoms with Crippen LogP contribution in [0.25, 0.3) is 11.3 Å². The van der Waals surface area contributed by atoms with Gasteiger partial charge in [0.1, 0.15) is 0 Å². The van der Waals surface area contributed by atoms with Crippen molar-refractivity contribution in [2.45, 2.75) is 0 Å². The van der Waals surface area contributed by atoms with Crippen molar-refractivity contribution in [3.8, 4) is 11.3 Å². The molecule has 1 aromatic carbocycles. The summed E-state index contributed by atoms with van der Waals surface area (Å²) in [5, 5.41) is 12.4. The molecule has 2 aromatic rings. The fourth-order valence-corrected chi connectivity index (χ4v) is 1.91. The van der Waals surface area contributed by atoms with E-state index < -0.39 is 16.4 Å². The average molecular weight is 252 g/mol. The Labute approximate surface area is 98.7 Å². The number of hydrogen-bond donors (Lipinski definition) is 0. The third-order valence-corrected chi connectivity index (χ3v) is 2.83. The lowest BCUT2D eigenvalue weighted by Crippen LogP contribution is -1.93. The molecule has 0 spiro atoms. The second-order valence-corrected chi connectivity index (χ2v) is 4.00. The van der Waals surface area contributed by atoms with Crippen LogP contribution in [0.5, 0.6) is 0 Å².